The number of carbonyl (C=O) groups excluding carboxylic acids is 1. The molecule has 0 saturated heterocycles. The second kappa shape index (κ2) is 10.4. The Kier molecular flexibility index (Phi) is 8.84. The molecule has 1 aliphatic carbocycles. The molecule has 0 bridgehead atoms. The molecule has 0 radical (unpaired) electrons. The van der Waals surface area contributed by atoms with Crippen LogP contribution in [0.4, 0.5) is 0 Å². The molecule has 144 valence electrons. The zero-order valence-electron chi connectivity index (χ0n) is 17.4. The Morgan fingerprint density at radius 3 is 2.00 bits per heavy atom. The molecule has 2 aromatic carbocycles. The molecule has 2 nitrogen and oxygen atoms in total. The standard InChI is InChI=1S/C12H10O2.C10H20.C2H6/c1-8-6-12(14)11(7-13)10-5-3-2-4-9(8)10;1-10(2,3)9-7-5-4-6-8-9;1-2/h2-7,14H,1H3;9H,4-8H2,1-3H3;1-2H3. The van der Waals surface area contributed by atoms with E-state index in [4.69, 9.17) is 0 Å². The van der Waals surface area contributed by atoms with Crippen molar-refractivity contribution < 1.29 is 9.90 Å². The van der Waals surface area contributed by atoms with E-state index in [-0.39, 0.29) is 5.75 Å². The quantitative estimate of drug-likeness (QED) is 0.544. The SMILES string of the molecule is CC.CC(C)(C)C1CCCCC1.Cc1cc(O)c(C=O)c2ccccc12. The van der Waals surface area contributed by atoms with Gasteiger partial charge in [0.05, 0.1) is 5.56 Å². The van der Waals surface area contributed by atoms with Crippen LogP contribution >= 0.6 is 0 Å². The summed E-state index contributed by atoms with van der Waals surface area (Å²) in [6, 6.07) is 9.17. The molecule has 0 spiro atoms. The van der Waals surface area contributed by atoms with Crippen molar-refractivity contribution in [3.8, 4) is 5.75 Å². The molecule has 1 fully saturated rings. The van der Waals surface area contributed by atoms with E-state index >= 15 is 0 Å². The molecule has 0 aliphatic heterocycles. The summed E-state index contributed by atoms with van der Waals surface area (Å²) in [6.45, 7) is 13.0. The number of hydrogen-bond donors (Lipinski definition) is 1. The first kappa shape index (κ1) is 22.2. The maximum atomic E-state index is 10.8. The van der Waals surface area contributed by atoms with Crippen LogP contribution in [0.2, 0.25) is 0 Å². The minimum Gasteiger partial charge on any atom is -0.507 e. The molecule has 3 rings (SSSR count). The molecule has 1 N–H and O–H groups in total. The second-order valence-corrected chi connectivity index (χ2v) is 7.99. The molecule has 0 aromatic heterocycles. The number of aromatic hydroxyl groups is 1. The predicted octanol–water partition coefficient (Wildman–Crippen LogP) is 7.31. The van der Waals surface area contributed by atoms with E-state index < -0.39 is 0 Å². The van der Waals surface area contributed by atoms with Crippen LogP contribution in [-0.2, 0) is 0 Å². The van der Waals surface area contributed by atoms with Gasteiger partial charge in [0.2, 0.25) is 0 Å². The van der Waals surface area contributed by atoms with Crippen molar-refractivity contribution in [3.05, 3.63) is 41.5 Å². The van der Waals surface area contributed by atoms with Crippen molar-refractivity contribution >= 4 is 17.1 Å². The maximum Gasteiger partial charge on any atom is 0.154 e. The van der Waals surface area contributed by atoms with Gasteiger partial charge in [-0.2, -0.15) is 0 Å². The topological polar surface area (TPSA) is 37.3 Å². The number of rotatable bonds is 1. The Morgan fingerprint density at radius 1 is 1.00 bits per heavy atom. The molecular weight excluding hydrogens is 320 g/mol. The van der Waals surface area contributed by atoms with Gasteiger partial charge in [-0.05, 0) is 53.5 Å². The first-order chi connectivity index (χ1) is 12.3. The number of phenolic OH excluding ortho intramolecular Hbond substituents is 1. The number of aldehydes is 1. The summed E-state index contributed by atoms with van der Waals surface area (Å²) < 4.78 is 0. The van der Waals surface area contributed by atoms with Crippen LogP contribution in [0.3, 0.4) is 0 Å². The summed E-state index contributed by atoms with van der Waals surface area (Å²) in [5, 5.41) is 11.4. The predicted molar refractivity (Wildman–Crippen MR) is 113 cm³/mol. The lowest BCUT2D eigenvalue weighted by Crippen LogP contribution is -2.22. The average molecular weight is 357 g/mol. The summed E-state index contributed by atoms with van der Waals surface area (Å²) in [7, 11) is 0. The molecule has 2 aromatic rings. The highest BCUT2D eigenvalue weighted by Gasteiger charge is 2.25. The highest BCUT2D eigenvalue weighted by Crippen LogP contribution is 2.37. The number of phenols is 1. The fourth-order valence-electron chi connectivity index (χ4n) is 3.65. The van der Waals surface area contributed by atoms with Gasteiger partial charge in [-0.25, -0.2) is 0 Å². The molecule has 0 heterocycles. The van der Waals surface area contributed by atoms with Crippen LogP contribution in [0, 0.1) is 18.3 Å². The monoisotopic (exact) mass is 356 g/mol. The van der Waals surface area contributed by atoms with Crippen LogP contribution in [-0.4, -0.2) is 11.4 Å². The molecule has 0 unspecified atom stereocenters. The molecule has 0 amide bonds. The lowest BCUT2D eigenvalue weighted by molar-refractivity contribution is 0.112. The Hall–Kier alpha value is -1.83. The van der Waals surface area contributed by atoms with Crippen molar-refractivity contribution in [2.24, 2.45) is 11.3 Å². The minimum atomic E-state index is 0.0520. The largest absolute Gasteiger partial charge is 0.507 e. The second-order valence-electron chi connectivity index (χ2n) is 7.99. The van der Waals surface area contributed by atoms with E-state index in [0.29, 0.717) is 17.3 Å². The first-order valence-electron chi connectivity index (χ1n) is 10.0. The fourth-order valence-corrected chi connectivity index (χ4v) is 3.65. The van der Waals surface area contributed by atoms with E-state index in [2.05, 4.69) is 20.8 Å². The van der Waals surface area contributed by atoms with E-state index in [0.717, 1.165) is 22.3 Å². The lowest BCUT2D eigenvalue weighted by Gasteiger charge is -2.33. The smallest absolute Gasteiger partial charge is 0.154 e. The van der Waals surface area contributed by atoms with E-state index in [1.165, 1.54) is 32.1 Å². The number of aryl methyl sites for hydroxylation is 1. The molecule has 1 saturated carbocycles. The Morgan fingerprint density at radius 2 is 1.54 bits per heavy atom. The number of carbonyl (C=O) groups is 1. The molecule has 1 aliphatic rings. The highest BCUT2D eigenvalue weighted by molar-refractivity contribution is 6.02. The van der Waals surface area contributed by atoms with Gasteiger partial charge < -0.3 is 5.11 Å². The fraction of sp³-hybridized carbons (Fsp3) is 0.542. The molecule has 0 atom stereocenters. The van der Waals surface area contributed by atoms with Crippen LogP contribution in [0.1, 0.15) is 82.6 Å². The summed E-state index contributed by atoms with van der Waals surface area (Å²) in [4.78, 5) is 10.8. The Labute approximate surface area is 159 Å². The number of benzene rings is 2. The van der Waals surface area contributed by atoms with Crippen molar-refractivity contribution in [1.29, 1.82) is 0 Å². The van der Waals surface area contributed by atoms with E-state index in [1.54, 1.807) is 6.07 Å². The molecular formula is C24H36O2. The third-order valence-electron chi connectivity index (χ3n) is 5.22. The van der Waals surface area contributed by atoms with Gasteiger partial charge in [0.15, 0.2) is 6.29 Å². The van der Waals surface area contributed by atoms with Crippen molar-refractivity contribution in [2.45, 2.75) is 73.6 Å². The number of fused-ring (bicyclic) bond motifs is 1. The van der Waals surface area contributed by atoms with Gasteiger partial charge in [0.1, 0.15) is 5.75 Å². The Bertz CT molecular complexity index is 689. The van der Waals surface area contributed by atoms with E-state index in [9.17, 15) is 9.90 Å². The summed E-state index contributed by atoms with van der Waals surface area (Å²) in [5.74, 6) is 1.05. The van der Waals surface area contributed by atoms with Gasteiger partial charge in [-0.3, -0.25) is 4.79 Å². The van der Waals surface area contributed by atoms with Gasteiger partial charge in [-0.15, -0.1) is 0 Å². The zero-order valence-corrected chi connectivity index (χ0v) is 17.4. The van der Waals surface area contributed by atoms with Crippen molar-refractivity contribution in [3.63, 3.8) is 0 Å². The van der Waals surface area contributed by atoms with E-state index in [1.807, 2.05) is 45.0 Å². The highest BCUT2D eigenvalue weighted by atomic mass is 16.3. The third kappa shape index (κ3) is 5.86. The van der Waals surface area contributed by atoms with Gasteiger partial charge in [-0.1, -0.05) is 78.1 Å². The first-order valence-corrected chi connectivity index (χ1v) is 10.0. The van der Waals surface area contributed by atoms with Crippen molar-refractivity contribution in [1.82, 2.24) is 0 Å². The average Bonchev–Trinajstić information content (AvgIpc) is 2.64. The summed E-state index contributed by atoms with van der Waals surface area (Å²) in [5.41, 5.74) is 1.91. The summed E-state index contributed by atoms with van der Waals surface area (Å²) >= 11 is 0. The summed E-state index contributed by atoms with van der Waals surface area (Å²) in [6.07, 6.45) is 8.07. The Balaban J connectivity index is 0.000000249. The van der Waals surface area contributed by atoms with Crippen LogP contribution in [0.15, 0.2) is 30.3 Å². The van der Waals surface area contributed by atoms with Crippen molar-refractivity contribution in [2.75, 3.05) is 0 Å². The van der Waals surface area contributed by atoms with Gasteiger partial charge >= 0.3 is 0 Å². The third-order valence-corrected chi connectivity index (χ3v) is 5.22. The van der Waals surface area contributed by atoms with Crippen LogP contribution in [0.25, 0.3) is 10.8 Å². The minimum absolute atomic E-state index is 0.0520. The normalized spacial score (nSPS) is 14.7. The maximum absolute atomic E-state index is 10.8. The van der Waals surface area contributed by atoms with Gasteiger partial charge in [0.25, 0.3) is 0 Å². The zero-order chi connectivity index (χ0) is 19.7. The van der Waals surface area contributed by atoms with Crippen LogP contribution in [0.5, 0.6) is 5.75 Å². The van der Waals surface area contributed by atoms with Crippen LogP contribution < -0.4 is 0 Å². The number of hydrogen-bond acceptors (Lipinski definition) is 2. The molecule has 2 heteroatoms. The lowest BCUT2D eigenvalue weighted by atomic mass is 9.72. The van der Waals surface area contributed by atoms with Gasteiger partial charge in [0, 0.05) is 0 Å². The molecule has 26 heavy (non-hydrogen) atoms.